The highest BCUT2D eigenvalue weighted by Gasteiger charge is 2.14. The summed E-state index contributed by atoms with van der Waals surface area (Å²) in [7, 11) is 0. The molecule has 0 saturated heterocycles. The maximum atomic E-state index is 4.42. The quantitative estimate of drug-likeness (QED) is 0.902. The molecule has 5 heteroatoms. The third-order valence-electron chi connectivity index (χ3n) is 2.99. The van der Waals surface area contributed by atoms with Crippen molar-refractivity contribution in [3.63, 3.8) is 0 Å². The summed E-state index contributed by atoms with van der Waals surface area (Å²) < 4.78 is 1.95. The van der Waals surface area contributed by atoms with Crippen LogP contribution >= 0.6 is 11.3 Å². The van der Waals surface area contributed by atoms with E-state index < -0.39 is 0 Å². The summed E-state index contributed by atoms with van der Waals surface area (Å²) in [6.07, 6.45) is 5.95. The first-order valence-electron chi connectivity index (χ1n) is 6.31. The number of nitrogens with one attached hydrogen (secondary N) is 1. The third kappa shape index (κ3) is 2.97. The molecule has 2 atom stereocenters. The summed E-state index contributed by atoms with van der Waals surface area (Å²) in [5.74, 6) is 0. The maximum absolute atomic E-state index is 4.42. The van der Waals surface area contributed by atoms with Crippen LogP contribution in [0, 0.1) is 6.92 Å². The molecule has 0 saturated carbocycles. The highest BCUT2D eigenvalue weighted by molar-refractivity contribution is 7.11. The van der Waals surface area contributed by atoms with Gasteiger partial charge in [-0.25, -0.2) is 4.98 Å². The molecule has 0 fully saturated rings. The topological polar surface area (TPSA) is 42.7 Å². The Hall–Kier alpha value is -1.20. The SMILES string of the molecule is CCn1cc(C(C)NC(C)c2ncc(C)s2)cn1. The van der Waals surface area contributed by atoms with E-state index >= 15 is 0 Å². The highest BCUT2D eigenvalue weighted by Crippen LogP contribution is 2.22. The normalized spacial score (nSPS) is 14.7. The van der Waals surface area contributed by atoms with Gasteiger partial charge < -0.3 is 5.32 Å². The van der Waals surface area contributed by atoms with Crippen LogP contribution in [0.15, 0.2) is 18.6 Å². The van der Waals surface area contributed by atoms with Crippen LogP contribution in [-0.4, -0.2) is 14.8 Å². The van der Waals surface area contributed by atoms with E-state index in [0.717, 1.165) is 11.6 Å². The van der Waals surface area contributed by atoms with Crippen LogP contribution in [0.1, 0.15) is 48.3 Å². The molecule has 1 N–H and O–H groups in total. The van der Waals surface area contributed by atoms with Crippen LogP contribution in [0.2, 0.25) is 0 Å². The Bertz CT molecular complexity index is 503. The molecule has 0 spiro atoms. The molecular weight excluding hydrogens is 244 g/mol. The Labute approximate surface area is 112 Å². The number of aromatic nitrogens is 3. The molecule has 98 valence electrons. The van der Waals surface area contributed by atoms with E-state index in [0.29, 0.717) is 0 Å². The lowest BCUT2D eigenvalue weighted by atomic mass is 10.1. The number of hydrogen-bond acceptors (Lipinski definition) is 4. The molecule has 0 bridgehead atoms. The zero-order valence-electron chi connectivity index (χ0n) is 11.3. The predicted molar refractivity (Wildman–Crippen MR) is 74.7 cm³/mol. The summed E-state index contributed by atoms with van der Waals surface area (Å²) in [6, 6.07) is 0.549. The van der Waals surface area contributed by atoms with Crippen molar-refractivity contribution in [2.75, 3.05) is 0 Å². The van der Waals surface area contributed by atoms with Crippen LogP contribution in [-0.2, 0) is 6.54 Å². The van der Waals surface area contributed by atoms with Gasteiger partial charge >= 0.3 is 0 Å². The predicted octanol–water partition coefficient (Wildman–Crippen LogP) is 3.08. The van der Waals surface area contributed by atoms with Gasteiger partial charge in [0.05, 0.1) is 12.2 Å². The van der Waals surface area contributed by atoms with Crippen LogP contribution in [0.4, 0.5) is 0 Å². The number of nitrogens with zero attached hydrogens (tertiary/aromatic N) is 3. The van der Waals surface area contributed by atoms with Crippen molar-refractivity contribution in [1.82, 2.24) is 20.1 Å². The summed E-state index contributed by atoms with van der Waals surface area (Å²) in [4.78, 5) is 5.67. The molecule has 2 aromatic heterocycles. The maximum Gasteiger partial charge on any atom is 0.109 e. The fraction of sp³-hybridized carbons (Fsp3) is 0.538. The molecule has 2 rings (SSSR count). The number of thiazole rings is 1. The minimum Gasteiger partial charge on any atom is -0.301 e. The Morgan fingerprint density at radius 1 is 1.33 bits per heavy atom. The fourth-order valence-electron chi connectivity index (χ4n) is 1.89. The summed E-state index contributed by atoms with van der Waals surface area (Å²) in [5.41, 5.74) is 1.22. The number of rotatable bonds is 5. The Kier molecular flexibility index (Phi) is 4.14. The van der Waals surface area contributed by atoms with E-state index in [4.69, 9.17) is 0 Å². The highest BCUT2D eigenvalue weighted by atomic mass is 32.1. The van der Waals surface area contributed by atoms with Crippen LogP contribution in [0.3, 0.4) is 0 Å². The van der Waals surface area contributed by atoms with Gasteiger partial charge in [-0.15, -0.1) is 11.3 Å². The van der Waals surface area contributed by atoms with Gasteiger partial charge in [0.15, 0.2) is 0 Å². The first kappa shape index (κ1) is 13.2. The second-order valence-electron chi connectivity index (χ2n) is 4.55. The van der Waals surface area contributed by atoms with Crippen molar-refractivity contribution >= 4 is 11.3 Å². The van der Waals surface area contributed by atoms with Crippen LogP contribution in [0.5, 0.6) is 0 Å². The molecule has 0 aliphatic carbocycles. The van der Waals surface area contributed by atoms with Crippen molar-refractivity contribution in [2.45, 2.75) is 46.3 Å². The van der Waals surface area contributed by atoms with Gasteiger partial charge in [0.1, 0.15) is 5.01 Å². The van der Waals surface area contributed by atoms with E-state index in [-0.39, 0.29) is 12.1 Å². The van der Waals surface area contributed by atoms with Crippen molar-refractivity contribution in [3.8, 4) is 0 Å². The summed E-state index contributed by atoms with van der Waals surface area (Å²) in [5, 5.41) is 9.00. The molecule has 2 aromatic rings. The van der Waals surface area contributed by atoms with E-state index in [9.17, 15) is 0 Å². The van der Waals surface area contributed by atoms with Gasteiger partial charge in [-0.05, 0) is 27.7 Å². The number of aryl methyl sites for hydroxylation is 2. The molecule has 0 aliphatic rings. The van der Waals surface area contributed by atoms with Gasteiger partial charge in [-0.1, -0.05) is 0 Å². The number of hydrogen-bond donors (Lipinski definition) is 1. The van der Waals surface area contributed by atoms with Crippen molar-refractivity contribution in [2.24, 2.45) is 0 Å². The fourth-order valence-corrected chi connectivity index (χ4v) is 2.68. The zero-order chi connectivity index (χ0) is 13.1. The monoisotopic (exact) mass is 264 g/mol. The Morgan fingerprint density at radius 3 is 2.67 bits per heavy atom. The Morgan fingerprint density at radius 2 is 2.11 bits per heavy atom. The van der Waals surface area contributed by atoms with E-state index in [1.165, 1.54) is 10.4 Å². The molecule has 2 unspecified atom stereocenters. The lowest BCUT2D eigenvalue weighted by molar-refractivity contribution is 0.492. The van der Waals surface area contributed by atoms with E-state index in [1.54, 1.807) is 11.3 Å². The zero-order valence-corrected chi connectivity index (χ0v) is 12.2. The lowest BCUT2D eigenvalue weighted by Gasteiger charge is -2.17. The first-order valence-corrected chi connectivity index (χ1v) is 7.12. The molecule has 0 aromatic carbocycles. The van der Waals surface area contributed by atoms with Gasteiger partial charge in [0.25, 0.3) is 0 Å². The van der Waals surface area contributed by atoms with Crippen molar-refractivity contribution < 1.29 is 0 Å². The van der Waals surface area contributed by atoms with Gasteiger partial charge in [-0.2, -0.15) is 5.10 Å². The lowest BCUT2D eigenvalue weighted by Crippen LogP contribution is -2.22. The average Bonchev–Trinajstić information content (AvgIpc) is 2.97. The van der Waals surface area contributed by atoms with Gasteiger partial charge in [0.2, 0.25) is 0 Å². The molecule has 18 heavy (non-hydrogen) atoms. The second kappa shape index (κ2) is 5.63. The van der Waals surface area contributed by atoms with E-state index in [1.807, 2.05) is 17.1 Å². The largest absolute Gasteiger partial charge is 0.301 e. The molecule has 0 aliphatic heterocycles. The van der Waals surface area contributed by atoms with Crippen molar-refractivity contribution in [3.05, 3.63) is 34.0 Å². The minimum atomic E-state index is 0.267. The average molecular weight is 264 g/mol. The molecule has 0 amide bonds. The second-order valence-corrected chi connectivity index (χ2v) is 5.81. The molecule has 2 heterocycles. The standard InChI is InChI=1S/C13H20N4S/c1-5-17-8-12(7-15-17)10(3)16-11(4)13-14-6-9(2)18-13/h6-8,10-11,16H,5H2,1-4H3. The first-order chi connectivity index (χ1) is 8.60. The molecular formula is C13H20N4S. The smallest absolute Gasteiger partial charge is 0.109 e. The molecule has 4 nitrogen and oxygen atoms in total. The summed E-state index contributed by atoms with van der Waals surface area (Å²) in [6.45, 7) is 9.40. The summed E-state index contributed by atoms with van der Waals surface area (Å²) >= 11 is 1.75. The van der Waals surface area contributed by atoms with E-state index in [2.05, 4.69) is 49.3 Å². The van der Waals surface area contributed by atoms with Crippen molar-refractivity contribution in [1.29, 1.82) is 0 Å². The van der Waals surface area contributed by atoms with Crippen LogP contribution < -0.4 is 5.32 Å². The van der Waals surface area contributed by atoms with Gasteiger partial charge in [0, 0.05) is 35.4 Å². The third-order valence-corrected chi connectivity index (χ3v) is 4.08. The Balaban J connectivity index is 2.00. The molecule has 0 radical (unpaired) electrons. The minimum absolute atomic E-state index is 0.267. The van der Waals surface area contributed by atoms with Crippen LogP contribution in [0.25, 0.3) is 0 Å². The van der Waals surface area contributed by atoms with Gasteiger partial charge in [-0.3, -0.25) is 4.68 Å².